The van der Waals surface area contributed by atoms with E-state index in [2.05, 4.69) is 10.3 Å². The minimum Gasteiger partial charge on any atom is -0.490 e. The van der Waals surface area contributed by atoms with E-state index in [0.717, 1.165) is 36.2 Å². The lowest BCUT2D eigenvalue weighted by Gasteiger charge is -2.36. The first-order valence-corrected chi connectivity index (χ1v) is 8.47. The standard InChI is InChI=1S/C19H18F3N3O/c20-19(21,22)14-4-1-5-16(9-14)26-17-10-15(11-17)24-12-13-3-2-7-25-8-6-23-18(13)25/h1-9,15,17,24H,10-12H2. The molecule has 7 heteroatoms. The minimum absolute atomic E-state index is 0.0572. The molecule has 0 spiro atoms. The summed E-state index contributed by atoms with van der Waals surface area (Å²) in [5.41, 5.74) is 1.35. The summed E-state index contributed by atoms with van der Waals surface area (Å²) in [6.07, 6.45) is 2.76. The lowest BCUT2D eigenvalue weighted by molar-refractivity contribution is -0.137. The Labute approximate surface area is 148 Å². The maximum atomic E-state index is 12.7. The van der Waals surface area contributed by atoms with Crippen molar-refractivity contribution in [2.24, 2.45) is 0 Å². The smallest absolute Gasteiger partial charge is 0.416 e. The van der Waals surface area contributed by atoms with Gasteiger partial charge < -0.3 is 14.5 Å². The van der Waals surface area contributed by atoms with Gasteiger partial charge in [0, 0.05) is 36.7 Å². The van der Waals surface area contributed by atoms with Gasteiger partial charge in [0.15, 0.2) is 0 Å². The Hall–Kier alpha value is -2.54. The Morgan fingerprint density at radius 1 is 1.15 bits per heavy atom. The summed E-state index contributed by atoms with van der Waals surface area (Å²) < 4.78 is 45.9. The van der Waals surface area contributed by atoms with E-state index < -0.39 is 11.7 Å². The molecule has 0 saturated heterocycles. The van der Waals surface area contributed by atoms with Crippen molar-refractivity contribution in [1.82, 2.24) is 14.7 Å². The molecule has 1 saturated carbocycles. The third-order valence-corrected chi connectivity index (χ3v) is 4.64. The summed E-state index contributed by atoms with van der Waals surface area (Å²) in [4.78, 5) is 4.35. The molecule has 0 atom stereocenters. The molecule has 1 N–H and O–H groups in total. The number of pyridine rings is 1. The zero-order valence-corrected chi connectivity index (χ0v) is 13.9. The van der Waals surface area contributed by atoms with E-state index in [0.29, 0.717) is 12.6 Å². The van der Waals surface area contributed by atoms with Crippen molar-refractivity contribution in [2.75, 3.05) is 0 Å². The number of nitrogens with one attached hydrogen (secondary N) is 1. The van der Waals surface area contributed by atoms with Crippen molar-refractivity contribution in [3.8, 4) is 5.75 Å². The zero-order chi connectivity index (χ0) is 18.1. The molecule has 2 heterocycles. The molecule has 0 radical (unpaired) electrons. The van der Waals surface area contributed by atoms with Crippen molar-refractivity contribution in [3.05, 3.63) is 66.1 Å². The van der Waals surface area contributed by atoms with Crippen molar-refractivity contribution < 1.29 is 17.9 Å². The number of benzene rings is 1. The van der Waals surface area contributed by atoms with Gasteiger partial charge in [-0.3, -0.25) is 0 Å². The highest BCUT2D eigenvalue weighted by molar-refractivity contribution is 5.47. The molecule has 0 bridgehead atoms. The fourth-order valence-electron chi connectivity index (χ4n) is 3.17. The van der Waals surface area contributed by atoms with E-state index >= 15 is 0 Å². The summed E-state index contributed by atoms with van der Waals surface area (Å²) in [5.74, 6) is 0.269. The second kappa shape index (κ2) is 6.64. The number of hydrogen-bond donors (Lipinski definition) is 1. The highest BCUT2D eigenvalue weighted by Gasteiger charge is 2.33. The molecular formula is C19H18F3N3O. The quantitative estimate of drug-likeness (QED) is 0.745. The molecule has 4 nitrogen and oxygen atoms in total. The summed E-state index contributed by atoms with van der Waals surface area (Å²) in [6.45, 7) is 0.697. The van der Waals surface area contributed by atoms with Crippen molar-refractivity contribution in [1.29, 1.82) is 0 Å². The predicted molar refractivity (Wildman–Crippen MR) is 90.9 cm³/mol. The maximum absolute atomic E-state index is 12.7. The van der Waals surface area contributed by atoms with E-state index in [-0.39, 0.29) is 11.9 Å². The van der Waals surface area contributed by atoms with Gasteiger partial charge in [-0.15, -0.1) is 0 Å². The Kier molecular flexibility index (Phi) is 4.32. The second-order valence-electron chi connectivity index (χ2n) is 6.51. The number of imidazole rings is 1. The third kappa shape index (κ3) is 3.53. The largest absolute Gasteiger partial charge is 0.490 e. The van der Waals surface area contributed by atoms with Crippen LogP contribution in [0.3, 0.4) is 0 Å². The van der Waals surface area contributed by atoms with E-state index in [1.807, 2.05) is 28.9 Å². The van der Waals surface area contributed by atoms with Crippen LogP contribution in [0, 0.1) is 0 Å². The number of alkyl halides is 3. The summed E-state index contributed by atoms with van der Waals surface area (Å²) in [7, 11) is 0. The number of fused-ring (bicyclic) bond motifs is 1. The van der Waals surface area contributed by atoms with Gasteiger partial charge in [-0.1, -0.05) is 12.1 Å². The molecule has 1 aliphatic rings. The van der Waals surface area contributed by atoms with E-state index in [1.54, 1.807) is 12.3 Å². The van der Waals surface area contributed by atoms with Gasteiger partial charge in [-0.05, 0) is 37.1 Å². The van der Waals surface area contributed by atoms with Crippen LogP contribution in [0.4, 0.5) is 13.2 Å². The summed E-state index contributed by atoms with van der Waals surface area (Å²) >= 11 is 0. The number of rotatable bonds is 5. The van der Waals surface area contributed by atoms with Gasteiger partial charge in [-0.25, -0.2) is 4.98 Å². The Morgan fingerprint density at radius 3 is 2.81 bits per heavy atom. The molecule has 1 fully saturated rings. The fourth-order valence-corrected chi connectivity index (χ4v) is 3.17. The van der Waals surface area contributed by atoms with Crippen molar-refractivity contribution >= 4 is 5.65 Å². The van der Waals surface area contributed by atoms with Crippen LogP contribution in [0.5, 0.6) is 5.75 Å². The molecule has 2 aromatic heterocycles. The molecule has 3 aromatic rings. The first-order valence-electron chi connectivity index (χ1n) is 8.47. The number of aromatic nitrogens is 2. The highest BCUT2D eigenvalue weighted by atomic mass is 19.4. The van der Waals surface area contributed by atoms with E-state index in [9.17, 15) is 13.2 Å². The van der Waals surface area contributed by atoms with Crippen molar-refractivity contribution in [2.45, 2.75) is 37.7 Å². The normalized spacial score (nSPS) is 20.1. The van der Waals surface area contributed by atoms with E-state index in [4.69, 9.17) is 4.74 Å². The molecule has 0 unspecified atom stereocenters. The second-order valence-corrected chi connectivity index (χ2v) is 6.51. The van der Waals surface area contributed by atoms with Crippen LogP contribution >= 0.6 is 0 Å². The Bertz CT molecular complexity index is 900. The molecule has 0 aliphatic heterocycles. The minimum atomic E-state index is -4.35. The predicted octanol–water partition coefficient (Wildman–Crippen LogP) is 4.05. The lowest BCUT2D eigenvalue weighted by Crippen LogP contribution is -2.46. The van der Waals surface area contributed by atoms with Gasteiger partial charge in [0.2, 0.25) is 0 Å². The summed E-state index contributed by atoms with van der Waals surface area (Å²) in [5, 5.41) is 3.46. The first kappa shape index (κ1) is 16.9. The zero-order valence-electron chi connectivity index (χ0n) is 13.9. The average molecular weight is 361 g/mol. The molecule has 0 amide bonds. The van der Waals surface area contributed by atoms with Crippen LogP contribution in [0.15, 0.2) is 55.0 Å². The van der Waals surface area contributed by atoms with Gasteiger partial charge in [0.1, 0.15) is 17.5 Å². The van der Waals surface area contributed by atoms with E-state index in [1.165, 1.54) is 6.07 Å². The lowest BCUT2D eigenvalue weighted by atomic mass is 9.89. The van der Waals surface area contributed by atoms with Crippen LogP contribution < -0.4 is 10.1 Å². The van der Waals surface area contributed by atoms with Crippen LogP contribution in [-0.4, -0.2) is 21.5 Å². The monoisotopic (exact) mass is 361 g/mol. The number of ether oxygens (including phenoxy) is 1. The average Bonchev–Trinajstić information content (AvgIpc) is 3.05. The van der Waals surface area contributed by atoms with Gasteiger partial charge in [-0.2, -0.15) is 13.2 Å². The van der Waals surface area contributed by atoms with Crippen LogP contribution in [0.1, 0.15) is 24.0 Å². The van der Waals surface area contributed by atoms with Crippen LogP contribution in [0.25, 0.3) is 5.65 Å². The fraction of sp³-hybridized carbons (Fsp3) is 0.316. The molecule has 26 heavy (non-hydrogen) atoms. The number of nitrogens with zero attached hydrogens (tertiary/aromatic N) is 2. The Morgan fingerprint density at radius 2 is 2.00 bits per heavy atom. The molecule has 1 aliphatic carbocycles. The molecule has 136 valence electrons. The topological polar surface area (TPSA) is 38.6 Å². The first-order chi connectivity index (χ1) is 12.5. The highest BCUT2D eigenvalue weighted by Crippen LogP contribution is 2.33. The maximum Gasteiger partial charge on any atom is 0.416 e. The SMILES string of the molecule is FC(F)(F)c1cccc(OC2CC(NCc3cccn4ccnc34)C2)c1. The number of halogens is 3. The van der Waals surface area contributed by atoms with Gasteiger partial charge >= 0.3 is 6.18 Å². The van der Waals surface area contributed by atoms with Crippen molar-refractivity contribution in [3.63, 3.8) is 0 Å². The molecular weight excluding hydrogens is 343 g/mol. The van der Waals surface area contributed by atoms with Gasteiger partial charge in [0.25, 0.3) is 0 Å². The van der Waals surface area contributed by atoms with Crippen LogP contribution in [-0.2, 0) is 12.7 Å². The van der Waals surface area contributed by atoms with Gasteiger partial charge in [0.05, 0.1) is 5.56 Å². The summed E-state index contributed by atoms with van der Waals surface area (Å²) in [6, 6.07) is 9.35. The third-order valence-electron chi connectivity index (χ3n) is 4.64. The molecule has 4 rings (SSSR count). The van der Waals surface area contributed by atoms with Crippen LogP contribution in [0.2, 0.25) is 0 Å². The number of hydrogen-bond acceptors (Lipinski definition) is 3. The Balaban J connectivity index is 1.29. The molecule has 1 aromatic carbocycles.